The lowest BCUT2D eigenvalue weighted by atomic mass is 10.1. The van der Waals surface area contributed by atoms with Gasteiger partial charge in [-0.2, -0.15) is 13.2 Å². The molecule has 0 aromatic heterocycles. The zero-order valence-corrected chi connectivity index (χ0v) is 9.63. The SMILES string of the molecule is CC(N)c1cc(F)ccc1OCOCC(F)(F)F. The molecule has 102 valence electrons. The molecule has 7 heteroatoms. The maximum atomic E-state index is 13.0. The standard InChI is InChI=1S/C11H13F4NO2/c1-7(16)9-4-8(12)2-3-10(9)18-6-17-5-11(13,14)15/h2-4,7H,5-6,16H2,1H3. The lowest BCUT2D eigenvalue weighted by molar-refractivity contribution is -0.186. The first-order valence-electron chi connectivity index (χ1n) is 5.12. The van der Waals surface area contributed by atoms with Crippen LogP contribution in [-0.4, -0.2) is 19.6 Å². The fourth-order valence-electron chi connectivity index (χ4n) is 1.27. The number of benzene rings is 1. The lowest BCUT2D eigenvalue weighted by Crippen LogP contribution is -2.19. The van der Waals surface area contributed by atoms with Crippen LogP contribution < -0.4 is 10.5 Å². The maximum Gasteiger partial charge on any atom is 0.411 e. The molecule has 0 spiro atoms. The number of nitrogens with two attached hydrogens (primary N) is 1. The second-order valence-corrected chi connectivity index (χ2v) is 3.70. The van der Waals surface area contributed by atoms with Gasteiger partial charge in [0.05, 0.1) is 0 Å². The van der Waals surface area contributed by atoms with Crippen molar-refractivity contribution in [3.05, 3.63) is 29.6 Å². The first-order valence-corrected chi connectivity index (χ1v) is 5.12. The van der Waals surface area contributed by atoms with Gasteiger partial charge >= 0.3 is 6.18 Å². The smallest absolute Gasteiger partial charge is 0.411 e. The molecule has 0 radical (unpaired) electrons. The van der Waals surface area contributed by atoms with Gasteiger partial charge in [-0.15, -0.1) is 0 Å². The Bertz CT molecular complexity index is 393. The Morgan fingerprint density at radius 3 is 2.56 bits per heavy atom. The molecule has 0 heterocycles. The average Bonchev–Trinajstić information content (AvgIpc) is 2.24. The highest BCUT2D eigenvalue weighted by molar-refractivity contribution is 5.35. The molecule has 0 saturated heterocycles. The van der Waals surface area contributed by atoms with Gasteiger partial charge in [0, 0.05) is 11.6 Å². The summed E-state index contributed by atoms with van der Waals surface area (Å²) in [7, 11) is 0. The molecule has 0 aliphatic heterocycles. The zero-order valence-electron chi connectivity index (χ0n) is 9.63. The van der Waals surface area contributed by atoms with Crippen LogP contribution >= 0.6 is 0 Å². The van der Waals surface area contributed by atoms with Crippen LogP contribution in [0.5, 0.6) is 5.75 Å². The summed E-state index contributed by atoms with van der Waals surface area (Å²) in [6, 6.07) is 3.10. The highest BCUT2D eigenvalue weighted by Gasteiger charge is 2.27. The minimum atomic E-state index is -4.41. The third-order valence-corrected chi connectivity index (χ3v) is 2.03. The Hall–Kier alpha value is -1.34. The molecule has 1 aromatic carbocycles. The van der Waals surface area contributed by atoms with Gasteiger partial charge in [-0.3, -0.25) is 0 Å². The van der Waals surface area contributed by atoms with Gasteiger partial charge in [-0.1, -0.05) is 0 Å². The summed E-state index contributed by atoms with van der Waals surface area (Å²) in [6.07, 6.45) is -4.41. The molecular formula is C11H13F4NO2. The fourth-order valence-corrected chi connectivity index (χ4v) is 1.27. The molecule has 0 aliphatic rings. The Labute approximate surface area is 101 Å². The van der Waals surface area contributed by atoms with Gasteiger partial charge in [0.2, 0.25) is 0 Å². The van der Waals surface area contributed by atoms with E-state index in [1.165, 1.54) is 12.1 Å². The van der Waals surface area contributed by atoms with Crippen LogP contribution in [-0.2, 0) is 4.74 Å². The monoisotopic (exact) mass is 267 g/mol. The molecule has 1 rings (SSSR count). The summed E-state index contributed by atoms with van der Waals surface area (Å²) in [5.41, 5.74) is 5.96. The van der Waals surface area contributed by atoms with Crippen LogP contribution in [0.2, 0.25) is 0 Å². The van der Waals surface area contributed by atoms with E-state index >= 15 is 0 Å². The lowest BCUT2D eigenvalue weighted by Gasteiger charge is -2.14. The van der Waals surface area contributed by atoms with Gasteiger partial charge in [-0.05, 0) is 25.1 Å². The third kappa shape index (κ3) is 4.89. The molecule has 1 atom stereocenters. The van der Waals surface area contributed by atoms with Gasteiger partial charge in [-0.25, -0.2) is 4.39 Å². The molecule has 18 heavy (non-hydrogen) atoms. The second kappa shape index (κ2) is 6.01. The van der Waals surface area contributed by atoms with E-state index in [0.717, 1.165) is 6.07 Å². The first kappa shape index (κ1) is 14.7. The Balaban J connectivity index is 2.57. The molecule has 2 N–H and O–H groups in total. The molecule has 0 amide bonds. The van der Waals surface area contributed by atoms with Crippen LogP contribution in [0.4, 0.5) is 17.6 Å². The van der Waals surface area contributed by atoms with Crippen molar-refractivity contribution in [1.82, 2.24) is 0 Å². The van der Waals surface area contributed by atoms with Crippen LogP contribution in [0.15, 0.2) is 18.2 Å². The summed E-state index contributed by atoms with van der Waals surface area (Å²) >= 11 is 0. The highest BCUT2D eigenvalue weighted by Crippen LogP contribution is 2.25. The van der Waals surface area contributed by atoms with E-state index in [-0.39, 0.29) is 5.75 Å². The third-order valence-electron chi connectivity index (χ3n) is 2.03. The molecule has 1 aromatic rings. The summed E-state index contributed by atoms with van der Waals surface area (Å²) in [4.78, 5) is 0. The Kier molecular flexibility index (Phi) is 4.92. The van der Waals surface area contributed by atoms with Crippen molar-refractivity contribution in [1.29, 1.82) is 0 Å². The van der Waals surface area contributed by atoms with Crippen molar-refractivity contribution in [3.8, 4) is 5.75 Å². The molecule has 3 nitrogen and oxygen atoms in total. The molecule has 0 saturated carbocycles. The average molecular weight is 267 g/mol. The number of rotatable bonds is 5. The fraction of sp³-hybridized carbons (Fsp3) is 0.455. The van der Waals surface area contributed by atoms with Crippen LogP contribution in [0.3, 0.4) is 0 Å². The number of alkyl halides is 3. The van der Waals surface area contributed by atoms with E-state index in [1.54, 1.807) is 6.92 Å². The van der Waals surface area contributed by atoms with Crippen molar-refractivity contribution in [2.75, 3.05) is 13.4 Å². The predicted octanol–water partition coefficient (Wildman–Crippen LogP) is 2.76. The quantitative estimate of drug-likeness (QED) is 0.507. The van der Waals surface area contributed by atoms with Gasteiger partial charge in [0.1, 0.15) is 18.2 Å². The van der Waals surface area contributed by atoms with Crippen LogP contribution in [0.1, 0.15) is 18.5 Å². The number of ether oxygens (including phenoxy) is 2. The molecular weight excluding hydrogens is 254 g/mol. The van der Waals surface area contributed by atoms with Crippen molar-refractivity contribution in [2.24, 2.45) is 5.73 Å². The number of hydrogen-bond donors (Lipinski definition) is 1. The van der Waals surface area contributed by atoms with Gasteiger partial charge < -0.3 is 15.2 Å². The van der Waals surface area contributed by atoms with E-state index in [4.69, 9.17) is 10.5 Å². The molecule has 0 aliphatic carbocycles. The van der Waals surface area contributed by atoms with Crippen molar-refractivity contribution in [2.45, 2.75) is 19.1 Å². The first-order chi connectivity index (χ1) is 8.29. The molecule has 1 unspecified atom stereocenters. The summed E-state index contributed by atoms with van der Waals surface area (Å²) in [5.74, 6) is -0.292. The van der Waals surface area contributed by atoms with Crippen molar-refractivity contribution in [3.63, 3.8) is 0 Å². The topological polar surface area (TPSA) is 44.5 Å². The van der Waals surface area contributed by atoms with Gasteiger partial charge in [0.25, 0.3) is 0 Å². The minimum absolute atomic E-state index is 0.202. The maximum absolute atomic E-state index is 13.0. The summed E-state index contributed by atoms with van der Waals surface area (Å²) in [5, 5.41) is 0. The minimum Gasteiger partial charge on any atom is -0.467 e. The van der Waals surface area contributed by atoms with Crippen molar-refractivity contribution < 1.29 is 27.0 Å². The van der Waals surface area contributed by atoms with E-state index in [2.05, 4.69) is 4.74 Å². The normalized spacial score (nSPS) is 13.4. The number of halogens is 4. The van der Waals surface area contributed by atoms with Crippen molar-refractivity contribution >= 4 is 0 Å². The number of hydrogen-bond acceptors (Lipinski definition) is 3. The zero-order chi connectivity index (χ0) is 13.8. The van der Waals surface area contributed by atoms with Crippen LogP contribution in [0, 0.1) is 5.82 Å². The Morgan fingerprint density at radius 2 is 2.00 bits per heavy atom. The Morgan fingerprint density at radius 1 is 1.33 bits per heavy atom. The summed E-state index contributed by atoms with van der Waals surface area (Å²) in [6.45, 7) is -0.370. The largest absolute Gasteiger partial charge is 0.467 e. The van der Waals surface area contributed by atoms with Gasteiger partial charge in [0.15, 0.2) is 6.79 Å². The second-order valence-electron chi connectivity index (χ2n) is 3.70. The molecule has 0 fully saturated rings. The van der Waals surface area contributed by atoms with E-state index in [9.17, 15) is 17.6 Å². The predicted molar refractivity (Wildman–Crippen MR) is 56.5 cm³/mol. The van der Waals surface area contributed by atoms with Crippen LogP contribution in [0.25, 0.3) is 0 Å². The van der Waals surface area contributed by atoms with E-state index < -0.39 is 31.4 Å². The van der Waals surface area contributed by atoms with E-state index in [1.807, 2.05) is 0 Å². The summed E-state index contributed by atoms with van der Waals surface area (Å²) < 4.78 is 57.6. The highest BCUT2D eigenvalue weighted by atomic mass is 19.4. The van der Waals surface area contributed by atoms with E-state index in [0.29, 0.717) is 5.56 Å². The molecule has 0 bridgehead atoms.